The van der Waals surface area contributed by atoms with Gasteiger partial charge in [0.2, 0.25) is 0 Å². The fourth-order valence-electron chi connectivity index (χ4n) is 3.84. The van der Waals surface area contributed by atoms with E-state index in [2.05, 4.69) is 20.0 Å². The number of thiazole rings is 1. The first kappa shape index (κ1) is 21.2. The van der Waals surface area contributed by atoms with Gasteiger partial charge in [0.05, 0.1) is 17.8 Å². The van der Waals surface area contributed by atoms with Gasteiger partial charge in [-0.05, 0) is 30.7 Å². The zero-order chi connectivity index (χ0) is 22.2. The van der Waals surface area contributed by atoms with Gasteiger partial charge in [0.1, 0.15) is 15.5 Å². The molecule has 0 spiro atoms. The van der Waals surface area contributed by atoms with E-state index in [1.54, 1.807) is 22.2 Å². The average molecular weight is 487 g/mol. The van der Waals surface area contributed by atoms with E-state index in [0.717, 1.165) is 21.0 Å². The van der Waals surface area contributed by atoms with Gasteiger partial charge in [-0.2, -0.15) is 5.10 Å². The number of benzene rings is 1. The molecule has 1 fully saturated rings. The first-order valence-electron chi connectivity index (χ1n) is 10.2. The van der Waals surface area contributed by atoms with Gasteiger partial charge in [0.25, 0.3) is 5.91 Å². The fraction of sp³-hybridized carbons (Fsp3) is 0.273. The molecule has 3 aromatic heterocycles. The number of pyridine rings is 1. The molecule has 7 nitrogen and oxygen atoms in total. The Hall–Kier alpha value is -2.68. The van der Waals surface area contributed by atoms with Crippen LogP contribution in [0.5, 0.6) is 0 Å². The van der Waals surface area contributed by atoms with Crippen LogP contribution in [-0.2, 0) is 6.54 Å². The van der Waals surface area contributed by atoms with Crippen molar-refractivity contribution in [3.05, 3.63) is 69.6 Å². The first-order chi connectivity index (χ1) is 15.5. The molecular formula is C22H20Cl2N6OS. The number of aromatic nitrogens is 4. The summed E-state index contributed by atoms with van der Waals surface area (Å²) >= 11 is 14.5. The van der Waals surface area contributed by atoms with Crippen LogP contribution >= 0.6 is 34.5 Å². The fourth-order valence-corrected chi connectivity index (χ4v) is 5.31. The summed E-state index contributed by atoms with van der Waals surface area (Å²) < 4.78 is 1.63. The number of anilines is 1. The Balaban J connectivity index is 1.30. The zero-order valence-corrected chi connectivity index (χ0v) is 19.7. The molecule has 1 saturated heterocycles. The van der Waals surface area contributed by atoms with Crippen molar-refractivity contribution in [1.82, 2.24) is 24.6 Å². The van der Waals surface area contributed by atoms with Crippen LogP contribution in [0.25, 0.3) is 10.3 Å². The minimum Gasteiger partial charge on any atom is -0.344 e. The molecule has 5 rings (SSSR count). The normalized spacial score (nSPS) is 14.3. The lowest BCUT2D eigenvalue weighted by Crippen LogP contribution is -2.48. The minimum absolute atomic E-state index is 0.0940. The topological polar surface area (TPSA) is 67.2 Å². The summed E-state index contributed by atoms with van der Waals surface area (Å²) in [7, 11) is 0. The molecule has 0 radical (unpaired) electrons. The smallest absolute Gasteiger partial charge is 0.259 e. The molecule has 1 aliphatic rings. The predicted octanol–water partition coefficient (Wildman–Crippen LogP) is 4.51. The zero-order valence-electron chi connectivity index (χ0n) is 17.3. The maximum Gasteiger partial charge on any atom is 0.259 e. The Kier molecular flexibility index (Phi) is 5.75. The van der Waals surface area contributed by atoms with Gasteiger partial charge in [-0.15, -0.1) is 0 Å². The summed E-state index contributed by atoms with van der Waals surface area (Å²) in [6, 6.07) is 11.4. The molecule has 4 heterocycles. The number of hydrogen-bond donors (Lipinski definition) is 0. The van der Waals surface area contributed by atoms with Crippen LogP contribution < -0.4 is 4.90 Å². The monoisotopic (exact) mass is 486 g/mol. The predicted molar refractivity (Wildman–Crippen MR) is 128 cm³/mol. The number of carbonyl (C=O) groups is 1. The van der Waals surface area contributed by atoms with Crippen LogP contribution in [0.15, 0.2) is 42.6 Å². The van der Waals surface area contributed by atoms with Crippen LogP contribution in [0.3, 0.4) is 0 Å². The minimum atomic E-state index is -0.0940. The van der Waals surface area contributed by atoms with E-state index in [1.807, 2.05) is 48.2 Å². The number of aryl methyl sites for hydroxylation is 1. The van der Waals surface area contributed by atoms with Crippen molar-refractivity contribution in [3.63, 3.8) is 0 Å². The maximum absolute atomic E-state index is 13.3. The SMILES string of the molecule is Cc1nn(Cc2ccccc2Cl)c(Cl)c1C(=O)N1CCN(c2nc3cccnc3s2)CC1. The van der Waals surface area contributed by atoms with Crippen LogP contribution in [0.4, 0.5) is 5.13 Å². The summed E-state index contributed by atoms with van der Waals surface area (Å²) in [6.07, 6.45) is 1.78. The number of hydrogen-bond acceptors (Lipinski definition) is 6. The Bertz CT molecular complexity index is 1260. The number of fused-ring (bicyclic) bond motifs is 1. The summed E-state index contributed by atoms with van der Waals surface area (Å²) in [5, 5.41) is 6.42. The summed E-state index contributed by atoms with van der Waals surface area (Å²) in [6.45, 7) is 4.81. The molecule has 164 valence electrons. The van der Waals surface area contributed by atoms with Crippen molar-refractivity contribution < 1.29 is 4.79 Å². The number of nitrogens with zero attached hydrogens (tertiary/aromatic N) is 6. The molecule has 1 amide bonds. The van der Waals surface area contributed by atoms with E-state index in [1.165, 1.54) is 0 Å². The highest BCUT2D eigenvalue weighted by atomic mass is 35.5. The number of piperazine rings is 1. The molecule has 0 unspecified atom stereocenters. The first-order valence-corrected chi connectivity index (χ1v) is 11.8. The molecule has 1 aromatic carbocycles. The van der Waals surface area contributed by atoms with E-state index in [9.17, 15) is 4.79 Å². The second-order valence-corrected chi connectivity index (χ2v) is 9.32. The van der Waals surface area contributed by atoms with Gasteiger partial charge in [0.15, 0.2) is 5.13 Å². The van der Waals surface area contributed by atoms with Gasteiger partial charge in [0, 0.05) is 37.4 Å². The van der Waals surface area contributed by atoms with Gasteiger partial charge in [-0.3, -0.25) is 4.79 Å². The van der Waals surface area contributed by atoms with E-state index in [4.69, 9.17) is 23.2 Å². The molecule has 1 aliphatic heterocycles. The van der Waals surface area contributed by atoms with E-state index >= 15 is 0 Å². The van der Waals surface area contributed by atoms with Crippen molar-refractivity contribution in [2.75, 3.05) is 31.1 Å². The highest BCUT2D eigenvalue weighted by molar-refractivity contribution is 7.21. The molecule has 0 N–H and O–H groups in total. The average Bonchev–Trinajstić information content (AvgIpc) is 3.35. The molecule has 32 heavy (non-hydrogen) atoms. The van der Waals surface area contributed by atoms with Crippen LogP contribution in [-0.4, -0.2) is 56.7 Å². The van der Waals surface area contributed by atoms with Gasteiger partial charge in [-0.1, -0.05) is 52.7 Å². The maximum atomic E-state index is 13.3. The third-order valence-corrected chi connectivity index (χ3v) is 7.34. The van der Waals surface area contributed by atoms with E-state index in [-0.39, 0.29) is 5.91 Å². The number of halogens is 2. The molecule has 0 saturated carbocycles. The van der Waals surface area contributed by atoms with Crippen LogP contribution in [0, 0.1) is 6.92 Å². The van der Waals surface area contributed by atoms with Crippen molar-refractivity contribution in [2.45, 2.75) is 13.5 Å². The second-order valence-electron chi connectivity index (χ2n) is 7.60. The van der Waals surface area contributed by atoms with Gasteiger partial charge >= 0.3 is 0 Å². The van der Waals surface area contributed by atoms with Gasteiger partial charge in [-0.25, -0.2) is 14.6 Å². The highest BCUT2D eigenvalue weighted by Gasteiger charge is 2.29. The number of rotatable bonds is 4. The standard InChI is InChI=1S/C22H20Cl2N6OS/c1-14-18(19(24)30(27-14)13-15-5-2-3-6-16(15)23)21(31)28-9-11-29(12-10-28)22-26-17-7-4-8-25-20(17)32-22/h2-8H,9-13H2,1H3. The largest absolute Gasteiger partial charge is 0.344 e. The van der Waals surface area contributed by atoms with E-state index in [0.29, 0.717) is 54.2 Å². The van der Waals surface area contributed by atoms with Gasteiger partial charge < -0.3 is 9.80 Å². The molecular weight excluding hydrogens is 467 g/mol. The molecule has 0 aliphatic carbocycles. The van der Waals surface area contributed by atoms with Crippen molar-refractivity contribution in [3.8, 4) is 0 Å². The van der Waals surface area contributed by atoms with E-state index < -0.39 is 0 Å². The second kappa shape index (κ2) is 8.69. The van der Waals surface area contributed by atoms with Crippen molar-refractivity contribution in [1.29, 1.82) is 0 Å². The number of carbonyl (C=O) groups excluding carboxylic acids is 1. The third kappa shape index (κ3) is 3.94. The molecule has 10 heteroatoms. The lowest BCUT2D eigenvalue weighted by Gasteiger charge is -2.34. The van der Waals surface area contributed by atoms with Crippen LogP contribution in [0.2, 0.25) is 10.2 Å². The quantitative estimate of drug-likeness (QED) is 0.424. The van der Waals surface area contributed by atoms with Crippen LogP contribution in [0.1, 0.15) is 21.6 Å². The third-order valence-electron chi connectivity index (χ3n) is 5.55. The Labute approximate surface area is 199 Å². The lowest BCUT2D eigenvalue weighted by atomic mass is 10.2. The molecule has 0 bridgehead atoms. The Morgan fingerprint density at radius 3 is 2.62 bits per heavy atom. The Morgan fingerprint density at radius 2 is 1.88 bits per heavy atom. The molecule has 4 aromatic rings. The van der Waals surface area contributed by atoms with Crippen molar-refractivity contribution >= 4 is 55.9 Å². The highest BCUT2D eigenvalue weighted by Crippen LogP contribution is 2.29. The molecule has 0 atom stereocenters. The summed E-state index contributed by atoms with van der Waals surface area (Å²) in [4.78, 5) is 27.3. The Morgan fingerprint density at radius 1 is 1.09 bits per heavy atom. The number of amides is 1. The summed E-state index contributed by atoms with van der Waals surface area (Å²) in [5.41, 5.74) is 2.87. The summed E-state index contributed by atoms with van der Waals surface area (Å²) in [5.74, 6) is -0.0940. The lowest BCUT2D eigenvalue weighted by molar-refractivity contribution is 0.0746. The van der Waals surface area contributed by atoms with Crippen molar-refractivity contribution in [2.24, 2.45) is 0 Å².